The zero-order valence-electron chi connectivity index (χ0n) is 11.4. The standard InChI is InChI=1S/C15H15N3O3/c1-10-7-8-12(18(20)21)9-13(10)17-15(19)14(16)11-5-3-2-4-6-11/h2-9,14H,16H2,1H3,(H,17,19)/t14-/m1/s1. The molecule has 1 amide bonds. The third kappa shape index (κ3) is 3.43. The summed E-state index contributed by atoms with van der Waals surface area (Å²) in [5, 5.41) is 13.4. The highest BCUT2D eigenvalue weighted by Gasteiger charge is 2.17. The molecule has 0 aliphatic carbocycles. The van der Waals surface area contributed by atoms with Gasteiger partial charge >= 0.3 is 0 Å². The van der Waals surface area contributed by atoms with E-state index < -0.39 is 16.9 Å². The van der Waals surface area contributed by atoms with Gasteiger partial charge < -0.3 is 11.1 Å². The molecule has 0 fully saturated rings. The lowest BCUT2D eigenvalue weighted by molar-refractivity contribution is -0.384. The van der Waals surface area contributed by atoms with Crippen LogP contribution in [0.1, 0.15) is 17.2 Å². The Morgan fingerprint density at radius 1 is 1.24 bits per heavy atom. The number of nitro groups is 1. The van der Waals surface area contributed by atoms with E-state index in [1.165, 1.54) is 12.1 Å². The number of aryl methyl sites for hydroxylation is 1. The summed E-state index contributed by atoms with van der Waals surface area (Å²) in [7, 11) is 0. The van der Waals surface area contributed by atoms with E-state index in [1.807, 2.05) is 6.07 Å². The molecule has 21 heavy (non-hydrogen) atoms. The number of anilines is 1. The molecule has 2 aromatic rings. The third-order valence-electron chi connectivity index (χ3n) is 3.13. The molecule has 0 unspecified atom stereocenters. The van der Waals surface area contributed by atoms with Crippen molar-refractivity contribution >= 4 is 17.3 Å². The van der Waals surface area contributed by atoms with Gasteiger partial charge in [-0.3, -0.25) is 14.9 Å². The quantitative estimate of drug-likeness (QED) is 0.666. The molecule has 0 aliphatic heterocycles. The van der Waals surface area contributed by atoms with Gasteiger partial charge in [-0.2, -0.15) is 0 Å². The van der Waals surface area contributed by atoms with Crippen LogP contribution in [0, 0.1) is 17.0 Å². The maximum Gasteiger partial charge on any atom is 0.271 e. The number of hydrogen-bond donors (Lipinski definition) is 2. The lowest BCUT2D eigenvalue weighted by Gasteiger charge is -2.13. The number of nitro benzene ring substituents is 1. The summed E-state index contributed by atoms with van der Waals surface area (Å²) in [5.74, 6) is -0.412. The highest BCUT2D eigenvalue weighted by molar-refractivity contribution is 5.96. The maximum atomic E-state index is 12.1. The van der Waals surface area contributed by atoms with Crippen LogP contribution in [0.15, 0.2) is 48.5 Å². The van der Waals surface area contributed by atoms with Crippen molar-refractivity contribution in [3.8, 4) is 0 Å². The monoisotopic (exact) mass is 285 g/mol. The van der Waals surface area contributed by atoms with E-state index in [2.05, 4.69) is 5.32 Å². The number of hydrogen-bond acceptors (Lipinski definition) is 4. The summed E-state index contributed by atoms with van der Waals surface area (Å²) >= 11 is 0. The minimum atomic E-state index is -0.829. The lowest BCUT2D eigenvalue weighted by atomic mass is 10.1. The fourth-order valence-electron chi connectivity index (χ4n) is 1.88. The number of rotatable bonds is 4. The highest BCUT2D eigenvalue weighted by atomic mass is 16.6. The topological polar surface area (TPSA) is 98.3 Å². The van der Waals surface area contributed by atoms with Gasteiger partial charge in [0.25, 0.3) is 5.69 Å². The first-order chi connectivity index (χ1) is 9.99. The maximum absolute atomic E-state index is 12.1. The molecule has 2 rings (SSSR count). The molecule has 1 atom stereocenters. The molecular formula is C15H15N3O3. The van der Waals surface area contributed by atoms with Crippen molar-refractivity contribution in [3.63, 3.8) is 0 Å². The highest BCUT2D eigenvalue weighted by Crippen LogP contribution is 2.23. The van der Waals surface area contributed by atoms with Crippen LogP contribution in [0.25, 0.3) is 0 Å². The van der Waals surface area contributed by atoms with Crippen LogP contribution in [-0.4, -0.2) is 10.8 Å². The van der Waals surface area contributed by atoms with Crippen molar-refractivity contribution < 1.29 is 9.72 Å². The van der Waals surface area contributed by atoms with Gasteiger partial charge in [-0.25, -0.2) is 0 Å². The van der Waals surface area contributed by atoms with Gasteiger partial charge in [0.1, 0.15) is 6.04 Å². The zero-order valence-corrected chi connectivity index (χ0v) is 11.4. The van der Waals surface area contributed by atoms with Crippen LogP contribution >= 0.6 is 0 Å². The fourth-order valence-corrected chi connectivity index (χ4v) is 1.88. The van der Waals surface area contributed by atoms with Gasteiger partial charge in [-0.15, -0.1) is 0 Å². The molecule has 0 radical (unpaired) electrons. The second kappa shape index (κ2) is 6.15. The van der Waals surface area contributed by atoms with E-state index >= 15 is 0 Å². The van der Waals surface area contributed by atoms with Crippen LogP contribution in [0.4, 0.5) is 11.4 Å². The molecule has 0 saturated carbocycles. The minimum absolute atomic E-state index is 0.0795. The molecule has 0 spiro atoms. The van der Waals surface area contributed by atoms with E-state index in [0.717, 1.165) is 5.56 Å². The average molecular weight is 285 g/mol. The van der Waals surface area contributed by atoms with Crippen molar-refractivity contribution in [1.82, 2.24) is 0 Å². The first kappa shape index (κ1) is 14.7. The van der Waals surface area contributed by atoms with E-state index in [-0.39, 0.29) is 5.69 Å². The molecule has 0 heterocycles. The van der Waals surface area contributed by atoms with Crippen molar-refractivity contribution in [3.05, 3.63) is 69.8 Å². The molecule has 0 saturated heterocycles. The van der Waals surface area contributed by atoms with Crippen LogP contribution in [0.2, 0.25) is 0 Å². The normalized spacial score (nSPS) is 11.7. The predicted molar refractivity (Wildman–Crippen MR) is 79.8 cm³/mol. The summed E-state index contributed by atoms with van der Waals surface area (Å²) < 4.78 is 0. The zero-order chi connectivity index (χ0) is 15.4. The average Bonchev–Trinajstić information content (AvgIpc) is 2.49. The number of non-ortho nitro benzene ring substituents is 1. The molecule has 3 N–H and O–H groups in total. The largest absolute Gasteiger partial charge is 0.324 e. The number of carbonyl (C=O) groups is 1. The molecule has 6 nitrogen and oxygen atoms in total. The van der Waals surface area contributed by atoms with Gasteiger partial charge in [0.05, 0.1) is 10.6 Å². The summed E-state index contributed by atoms with van der Waals surface area (Å²) in [6.07, 6.45) is 0. The van der Waals surface area contributed by atoms with Crippen LogP contribution in [-0.2, 0) is 4.79 Å². The third-order valence-corrected chi connectivity index (χ3v) is 3.13. The molecule has 2 aromatic carbocycles. The number of amides is 1. The molecule has 0 bridgehead atoms. The second-order valence-electron chi connectivity index (χ2n) is 4.63. The molecule has 0 aromatic heterocycles. The summed E-state index contributed by atoms with van der Waals surface area (Å²) in [5.41, 5.74) is 7.61. The van der Waals surface area contributed by atoms with E-state index in [0.29, 0.717) is 11.3 Å². The van der Waals surface area contributed by atoms with Crippen molar-refractivity contribution in [2.75, 3.05) is 5.32 Å². The number of nitrogens with two attached hydrogens (primary N) is 1. The lowest BCUT2D eigenvalue weighted by Crippen LogP contribution is -2.28. The van der Waals surface area contributed by atoms with E-state index in [1.54, 1.807) is 37.3 Å². The summed E-state index contributed by atoms with van der Waals surface area (Å²) in [6, 6.07) is 12.4. The first-order valence-electron chi connectivity index (χ1n) is 6.35. The van der Waals surface area contributed by atoms with E-state index in [4.69, 9.17) is 5.73 Å². The smallest absolute Gasteiger partial charge is 0.271 e. The van der Waals surface area contributed by atoms with Crippen molar-refractivity contribution in [2.24, 2.45) is 5.73 Å². The second-order valence-corrected chi connectivity index (χ2v) is 4.63. The molecule has 108 valence electrons. The Bertz CT molecular complexity index is 671. The van der Waals surface area contributed by atoms with Gasteiger partial charge in [0.2, 0.25) is 5.91 Å². The number of nitrogens with zero attached hydrogens (tertiary/aromatic N) is 1. The van der Waals surface area contributed by atoms with Crippen LogP contribution < -0.4 is 11.1 Å². The SMILES string of the molecule is Cc1ccc([N+](=O)[O-])cc1NC(=O)[C@H](N)c1ccccc1. The van der Waals surface area contributed by atoms with Crippen molar-refractivity contribution in [1.29, 1.82) is 0 Å². The Morgan fingerprint density at radius 3 is 2.52 bits per heavy atom. The Balaban J connectivity index is 2.20. The number of nitrogens with one attached hydrogen (secondary N) is 1. The van der Waals surface area contributed by atoms with Gasteiger partial charge in [-0.05, 0) is 18.1 Å². The first-order valence-corrected chi connectivity index (χ1v) is 6.35. The Morgan fingerprint density at radius 2 is 1.90 bits per heavy atom. The predicted octanol–water partition coefficient (Wildman–Crippen LogP) is 2.54. The fraction of sp³-hybridized carbons (Fsp3) is 0.133. The van der Waals surface area contributed by atoms with E-state index in [9.17, 15) is 14.9 Å². The molecule has 6 heteroatoms. The summed E-state index contributed by atoms with van der Waals surface area (Å²) in [4.78, 5) is 22.4. The Labute approximate surface area is 121 Å². The van der Waals surface area contributed by atoms with Gasteiger partial charge in [0.15, 0.2) is 0 Å². The summed E-state index contributed by atoms with van der Waals surface area (Å²) in [6.45, 7) is 1.76. The Kier molecular flexibility index (Phi) is 4.30. The van der Waals surface area contributed by atoms with Crippen LogP contribution in [0.5, 0.6) is 0 Å². The van der Waals surface area contributed by atoms with Gasteiger partial charge in [0, 0.05) is 12.1 Å². The Hall–Kier alpha value is -2.73. The molecule has 0 aliphatic rings. The number of carbonyl (C=O) groups excluding carboxylic acids is 1. The van der Waals surface area contributed by atoms with Crippen LogP contribution in [0.3, 0.4) is 0 Å². The van der Waals surface area contributed by atoms with Crippen molar-refractivity contribution in [2.45, 2.75) is 13.0 Å². The number of benzene rings is 2. The molecular weight excluding hydrogens is 270 g/mol. The minimum Gasteiger partial charge on any atom is -0.324 e. The van der Waals surface area contributed by atoms with Gasteiger partial charge in [-0.1, -0.05) is 36.4 Å².